The summed E-state index contributed by atoms with van der Waals surface area (Å²) < 4.78 is 5.95. The van der Waals surface area contributed by atoms with Gasteiger partial charge in [0, 0.05) is 9.65 Å². The molecule has 9 atom stereocenters. The van der Waals surface area contributed by atoms with Crippen molar-refractivity contribution in [2.75, 3.05) is 4.90 Å². The van der Waals surface area contributed by atoms with Gasteiger partial charge in [0.15, 0.2) is 0 Å². The average molecular weight is 581 g/mol. The Balaban J connectivity index is 1.30. The van der Waals surface area contributed by atoms with Crippen molar-refractivity contribution in [1.29, 1.82) is 0 Å². The Kier molecular flexibility index (Phi) is 6.26. The maximum absolute atomic E-state index is 13.2. The first-order chi connectivity index (χ1) is 15.7. The van der Waals surface area contributed by atoms with Gasteiger partial charge in [-0.3, -0.25) is 14.5 Å². The van der Waals surface area contributed by atoms with Crippen LogP contribution in [-0.2, 0) is 14.3 Å². The maximum atomic E-state index is 13.2. The van der Waals surface area contributed by atoms with Crippen molar-refractivity contribution in [1.82, 2.24) is 0 Å². The zero-order chi connectivity index (χ0) is 23.6. The third-order valence-corrected chi connectivity index (χ3v) is 11.8. The van der Waals surface area contributed by atoms with Crippen LogP contribution in [0.15, 0.2) is 24.3 Å². The molecule has 178 valence electrons. The van der Waals surface area contributed by atoms with E-state index in [1.165, 1.54) is 11.3 Å². The molecule has 1 saturated heterocycles. The van der Waals surface area contributed by atoms with Gasteiger partial charge < -0.3 is 4.74 Å². The van der Waals surface area contributed by atoms with Crippen molar-refractivity contribution < 1.29 is 19.1 Å². The van der Waals surface area contributed by atoms with Crippen molar-refractivity contribution in [2.45, 2.75) is 62.2 Å². The van der Waals surface area contributed by atoms with Crippen LogP contribution in [0, 0.1) is 41.4 Å². The first kappa shape index (κ1) is 23.5. The Morgan fingerprint density at radius 1 is 0.970 bits per heavy atom. The largest absolute Gasteiger partial charge is 0.458 e. The minimum atomic E-state index is -0.329. The molecular formula is C26H31Br2NO4. The number of imide groups is 1. The molecule has 7 heteroatoms. The molecule has 2 amide bonds. The van der Waals surface area contributed by atoms with Gasteiger partial charge in [-0.15, -0.1) is 0 Å². The van der Waals surface area contributed by atoms with E-state index in [1.807, 2.05) is 0 Å². The number of rotatable bonds is 4. The van der Waals surface area contributed by atoms with Gasteiger partial charge in [0.25, 0.3) is 0 Å². The number of anilines is 1. The molecule has 0 unspecified atom stereocenters. The van der Waals surface area contributed by atoms with E-state index in [-0.39, 0.29) is 57.2 Å². The van der Waals surface area contributed by atoms with Gasteiger partial charge in [-0.05, 0) is 73.1 Å². The van der Waals surface area contributed by atoms with E-state index in [9.17, 15) is 14.4 Å². The fourth-order valence-electron chi connectivity index (χ4n) is 6.81. The lowest BCUT2D eigenvalue weighted by Gasteiger charge is -2.36. The molecule has 0 radical (unpaired) electrons. The summed E-state index contributed by atoms with van der Waals surface area (Å²) in [4.78, 5) is 41.1. The Morgan fingerprint density at radius 2 is 1.55 bits per heavy atom. The number of nitrogens with zero attached hydrogens (tertiary/aromatic N) is 1. The van der Waals surface area contributed by atoms with Crippen LogP contribution in [0.3, 0.4) is 0 Å². The number of ether oxygens (including phenoxy) is 1. The van der Waals surface area contributed by atoms with E-state index in [1.54, 1.807) is 24.3 Å². The smallest absolute Gasteiger partial charge is 0.338 e. The molecule has 5 nitrogen and oxygen atoms in total. The van der Waals surface area contributed by atoms with E-state index >= 15 is 0 Å². The van der Waals surface area contributed by atoms with Crippen LogP contribution in [0.4, 0.5) is 5.69 Å². The average Bonchev–Trinajstić information content (AvgIpc) is 3.38. The summed E-state index contributed by atoms with van der Waals surface area (Å²) in [6.07, 6.45) is 4.02. The fourth-order valence-corrected chi connectivity index (χ4v) is 8.68. The van der Waals surface area contributed by atoms with E-state index in [0.29, 0.717) is 29.0 Å². The molecule has 33 heavy (non-hydrogen) atoms. The van der Waals surface area contributed by atoms with Gasteiger partial charge in [0.1, 0.15) is 6.10 Å². The molecule has 0 spiro atoms. The lowest BCUT2D eigenvalue weighted by Crippen LogP contribution is -2.37. The van der Waals surface area contributed by atoms with E-state index in [2.05, 4.69) is 52.6 Å². The van der Waals surface area contributed by atoms with Gasteiger partial charge in [-0.2, -0.15) is 0 Å². The van der Waals surface area contributed by atoms with Crippen LogP contribution in [0.5, 0.6) is 0 Å². The molecule has 1 aromatic carbocycles. The van der Waals surface area contributed by atoms with Gasteiger partial charge in [0.2, 0.25) is 11.8 Å². The Labute approximate surface area is 212 Å². The minimum Gasteiger partial charge on any atom is -0.458 e. The zero-order valence-electron chi connectivity index (χ0n) is 19.2. The Morgan fingerprint density at radius 3 is 2.09 bits per heavy atom. The maximum Gasteiger partial charge on any atom is 0.338 e. The summed E-state index contributed by atoms with van der Waals surface area (Å²) in [5, 5.41) is 0. The molecule has 4 aliphatic rings. The first-order valence-electron chi connectivity index (χ1n) is 12.2. The molecule has 1 aromatic rings. The number of benzene rings is 1. The first-order valence-corrected chi connectivity index (χ1v) is 14.0. The number of amides is 2. The highest BCUT2D eigenvalue weighted by Gasteiger charge is 2.66. The predicted molar refractivity (Wildman–Crippen MR) is 133 cm³/mol. The minimum absolute atomic E-state index is 0.0630. The van der Waals surface area contributed by atoms with Crippen molar-refractivity contribution in [3.63, 3.8) is 0 Å². The van der Waals surface area contributed by atoms with E-state index < -0.39 is 0 Å². The molecule has 0 N–H and O–H groups in total. The highest BCUT2D eigenvalue weighted by Crippen LogP contribution is 2.60. The molecule has 1 heterocycles. The molecule has 3 aliphatic carbocycles. The van der Waals surface area contributed by atoms with Gasteiger partial charge in [-0.1, -0.05) is 59.1 Å². The molecule has 3 saturated carbocycles. The number of halogens is 2. The lowest BCUT2D eigenvalue weighted by molar-refractivity contribution is -0.123. The monoisotopic (exact) mass is 579 g/mol. The molecule has 5 rings (SSSR count). The van der Waals surface area contributed by atoms with Gasteiger partial charge >= 0.3 is 5.97 Å². The molecule has 2 bridgehead atoms. The fraction of sp³-hybridized carbons (Fsp3) is 0.654. The Bertz CT molecular complexity index is 932. The number of esters is 1. The van der Waals surface area contributed by atoms with Crippen molar-refractivity contribution in [2.24, 2.45) is 41.4 Å². The van der Waals surface area contributed by atoms with E-state index in [0.717, 1.165) is 19.3 Å². The zero-order valence-corrected chi connectivity index (χ0v) is 22.4. The van der Waals surface area contributed by atoms with Crippen LogP contribution in [0.1, 0.15) is 56.8 Å². The Hall–Kier alpha value is -1.21. The van der Waals surface area contributed by atoms with Crippen LogP contribution >= 0.6 is 31.9 Å². The third kappa shape index (κ3) is 3.81. The second-order valence-electron chi connectivity index (χ2n) is 10.8. The van der Waals surface area contributed by atoms with Crippen molar-refractivity contribution in [3.05, 3.63) is 29.8 Å². The van der Waals surface area contributed by atoms with Crippen molar-refractivity contribution in [3.8, 4) is 0 Å². The van der Waals surface area contributed by atoms with Crippen LogP contribution < -0.4 is 4.90 Å². The predicted octanol–water partition coefficient (Wildman–Crippen LogP) is 5.59. The second kappa shape index (κ2) is 8.78. The quantitative estimate of drug-likeness (QED) is 0.265. The van der Waals surface area contributed by atoms with E-state index in [4.69, 9.17) is 4.74 Å². The summed E-state index contributed by atoms with van der Waals surface area (Å²) in [5.74, 6) is 0.760. The number of fused-ring (bicyclic) bond motifs is 5. The number of hydrogen-bond acceptors (Lipinski definition) is 4. The normalized spacial score (nSPS) is 39.9. The lowest BCUT2D eigenvalue weighted by atomic mass is 9.75. The second-order valence-corrected chi connectivity index (χ2v) is 12.9. The highest BCUT2D eigenvalue weighted by atomic mass is 79.9. The standard InChI is InChI=1S/C26H31Br2NO4/c1-12(2)16-9-4-13(3)10-19(16)33-26(32)14-5-7-15(8-6-14)29-24(30)20-17-11-18(21(20)25(29)31)23(28)22(17)27/h5-8,12-13,16-23H,4,9-11H2,1-3H3/t13-,16-,17-,18+,19+,20+,21-,22-,23+/m0/s1. The number of alkyl halides is 2. The third-order valence-electron chi connectivity index (χ3n) is 8.57. The van der Waals surface area contributed by atoms with Crippen LogP contribution in [-0.4, -0.2) is 33.5 Å². The SMILES string of the molecule is CC(C)[C@@H]1CC[C@H](C)C[C@H]1OC(=O)c1ccc(N2C(=O)[C@@H]3[C@@H]4C[C@@H]([C@@H](Br)[C@H]4Br)[C@@H]3C2=O)cc1. The number of carbonyl (C=O) groups excluding carboxylic acids is 3. The van der Waals surface area contributed by atoms with Gasteiger partial charge in [-0.25, -0.2) is 4.79 Å². The molecule has 1 aliphatic heterocycles. The molecule has 0 aromatic heterocycles. The molecular weight excluding hydrogens is 550 g/mol. The summed E-state index contributed by atoms with van der Waals surface area (Å²) >= 11 is 7.45. The number of carbonyl (C=O) groups is 3. The topological polar surface area (TPSA) is 63.7 Å². The van der Waals surface area contributed by atoms with Crippen LogP contribution in [0.2, 0.25) is 0 Å². The van der Waals surface area contributed by atoms with Crippen molar-refractivity contribution >= 4 is 55.3 Å². The summed E-state index contributed by atoms with van der Waals surface area (Å²) in [6, 6.07) is 6.77. The highest BCUT2D eigenvalue weighted by molar-refractivity contribution is 9.12. The van der Waals surface area contributed by atoms with Crippen LogP contribution in [0.25, 0.3) is 0 Å². The number of hydrogen-bond donors (Lipinski definition) is 0. The van der Waals surface area contributed by atoms with Gasteiger partial charge in [0.05, 0.1) is 23.1 Å². The molecule has 4 fully saturated rings. The summed E-state index contributed by atoms with van der Waals surface area (Å²) in [6.45, 7) is 6.60. The summed E-state index contributed by atoms with van der Waals surface area (Å²) in [5.41, 5.74) is 0.999. The summed E-state index contributed by atoms with van der Waals surface area (Å²) in [7, 11) is 0.